The van der Waals surface area contributed by atoms with Gasteiger partial charge in [-0.05, 0) is 44.1 Å². The van der Waals surface area contributed by atoms with E-state index in [-0.39, 0.29) is 24.0 Å². The maximum absolute atomic E-state index is 4.75. The highest BCUT2D eigenvalue weighted by Crippen LogP contribution is 2.09. The molecule has 168 valence electrons. The average Bonchev–Trinajstić information content (AvgIpc) is 3.20. The molecule has 1 aromatic carbocycles. The van der Waals surface area contributed by atoms with Crippen LogP contribution >= 0.6 is 24.0 Å². The lowest BCUT2D eigenvalue weighted by molar-refractivity contribution is 0.215. The summed E-state index contributed by atoms with van der Waals surface area (Å²) in [5.74, 6) is 1.63. The molecule has 0 saturated heterocycles. The molecule has 0 spiro atoms. The number of hydrogen-bond donors (Lipinski definition) is 2. The van der Waals surface area contributed by atoms with E-state index in [2.05, 4.69) is 76.8 Å². The molecule has 0 saturated carbocycles. The van der Waals surface area contributed by atoms with Gasteiger partial charge in [-0.1, -0.05) is 50.2 Å². The van der Waals surface area contributed by atoms with Gasteiger partial charge in [0, 0.05) is 25.3 Å². The van der Waals surface area contributed by atoms with E-state index in [0.717, 1.165) is 50.0 Å². The standard InChI is InChI=1S/C23H33N7.HI/c1-4-24-23(26-18-22-28-27-21-14-10-11-15-30(21)22)25-17-20(29(5-2)6-3)16-19-12-8-7-9-13-19;/h7-15,20H,4-6,16-18H2,1-3H3,(H2,24,25,26);1H. The third-order valence-electron chi connectivity index (χ3n) is 5.26. The Bertz CT molecular complexity index is 922. The molecule has 31 heavy (non-hydrogen) atoms. The second-order valence-electron chi connectivity index (χ2n) is 7.19. The van der Waals surface area contributed by atoms with Crippen molar-refractivity contribution in [3.63, 3.8) is 0 Å². The first kappa shape index (κ1) is 25.1. The van der Waals surface area contributed by atoms with Crippen LogP contribution in [0.3, 0.4) is 0 Å². The monoisotopic (exact) mass is 535 g/mol. The number of guanidine groups is 1. The number of pyridine rings is 1. The number of rotatable bonds is 10. The highest BCUT2D eigenvalue weighted by atomic mass is 127. The predicted octanol–water partition coefficient (Wildman–Crippen LogP) is 3.36. The van der Waals surface area contributed by atoms with Crippen molar-refractivity contribution in [3.05, 3.63) is 66.1 Å². The SMILES string of the molecule is CCNC(=NCc1nnc2ccccn12)NCC(Cc1ccccc1)N(CC)CC.I. The first-order chi connectivity index (χ1) is 14.7. The summed E-state index contributed by atoms with van der Waals surface area (Å²) < 4.78 is 1.97. The van der Waals surface area contributed by atoms with Crippen LogP contribution < -0.4 is 10.6 Å². The quantitative estimate of drug-likeness (QED) is 0.237. The molecule has 1 atom stereocenters. The summed E-state index contributed by atoms with van der Waals surface area (Å²) in [6, 6.07) is 17.0. The number of hydrogen-bond acceptors (Lipinski definition) is 4. The van der Waals surface area contributed by atoms with Gasteiger partial charge in [0.1, 0.15) is 6.54 Å². The first-order valence-corrected chi connectivity index (χ1v) is 10.8. The lowest BCUT2D eigenvalue weighted by Crippen LogP contribution is -2.48. The number of fused-ring (bicyclic) bond motifs is 1. The van der Waals surface area contributed by atoms with E-state index in [1.807, 2.05) is 28.8 Å². The van der Waals surface area contributed by atoms with Crippen LogP contribution in [0.4, 0.5) is 0 Å². The first-order valence-electron chi connectivity index (χ1n) is 10.8. The smallest absolute Gasteiger partial charge is 0.191 e. The Labute approximate surface area is 202 Å². The second kappa shape index (κ2) is 13.3. The molecule has 0 aliphatic carbocycles. The van der Waals surface area contributed by atoms with E-state index in [9.17, 15) is 0 Å². The second-order valence-corrected chi connectivity index (χ2v) is 7.19. The minimum absolute atomic E-state index is 0. The van der Waals surface area contributed by atoms with E-state index in [1.54, 1.807) is 0 Å². The molecule has 7 nitrogen and oxygen atoms in total. The van der Waals surface area contributed by atoms with E-state index in [4.69, 9.17) is 4.99 Å². The van der Waals surface area contributed by atoms with Gasteiger partial charge in [0.25, 0.3) is 0 Å². The molecule has 3 rings (SSSR count). The molecule has 3 aromatic rings. The Kier molecular flexibility index (Phi) is 10.7. The van der Waals surface area contributed by atoms with E-state index in [0.29, 0.717) is 12.6 Å². The van der Waals surface area contributed by atoms with Crippen LogP contribution in [0.5, 0.6) is 0 Å². The van der Waals surface area contributed by atoms with Crippen LogP contribution in [0.25, 0.3) is 5.65 Å². The number of benzene rings is 1. The van der Waals surface area contributed by atoms with Crippen LogP contribution in [-0.4, -0.2) is 57.7 Å². The van der Waals surface area contributed by atoms with Crippen molar-refractivity contribution in [3.8, 4) is 0 Å². The maximum atomic E-state index is 4.75. The van der Waals surface area contributed by atoms with Crippen LogP contribution in [0.15, 0.2) is 59.7 Å². The summed E-state index contributed by atoms with van der Waals surface area (Å²) in [6.07, 6.45) is 2.97. The minimum atomic E-state index is 0. The summed E-state index contributed by atoms with van der Waals surface area (Å²) in [7, 11) is 0. The van der Waals surface area contributed by atoms with Gasteiger partial charge < -0.3 is 10.6 Å². The molecular weight excluding hydrogens is 501 g/mol. The molecular formula is C23H34IN7. The van der Waals surface area contributed by atoms with Crippen molar-refractivity contribution < 1.29 is 0 Å². The lowest BCUT2D eigenvalue weighted by atomic mass is 10.0. The molecule has 0 radical (unpaired) electrons. The number of nitrogens with zero attached hydrogens (tertiary/aromatic N) is 5. The fourth-order valence-electron chi connectivity index (χ4n) is 3.66. The zero-order chi connectivity index (χ0) is 21.2. The van der Waals surface area contributed by atoms with E-state index in [1.165, 1.54) is 5.56 Å². The summed E-state index contributed by atoms with van der Waals surface area (Å²) >= 11 is 0. The van der Waals surface area contributed by atoms with Crippen molar-refractivity contribution in [2.45, 2.75) is 39.8 Å². The van der Waals surface area contributed by atoms with Gasteiger partial charge in [0.2, 0.25) is 0 Å². The minimum Gasteiger partial charge on any atom is -0.357 e. The highest BCUT2D eigenvalue weighted by molar-refractivity contribution is 14.0. The molecule has 0 fully saturated rings. The fourth-order valence-corrected chi connectivity index (χ4v) is 3.66. The number of aliphatic imine (C=N–C) groups is 1. The maximum Gasteiger partial charge on any atom is 0.191 e. The molecule has 0 aliphatic heterocycles. The van der Waals surface area contributed by atoms with Crippen molar-refractivity contribution >= 4 is 35.6 Å². The molecule has 0 aliphatic rings. The third kappa shape index (κ3) is 7.17. The van der Waals surface area contributed by atoms with Gasteiger partial charge in [0.05, 0.1) is 0 Å². The van der Waals surface area contributed by atoms with Crippen LogP contribution in [0.2, 0.25) is 0 Å². The van der Waals surface area contributed by atoms with Crippen molar-refractivity contribution in [1.82, 2.24) is 30.1 Å². The summed E-state index contributed by atoms with van der Waals surface area (Å²) in [5, 5.41) is 15.4. The molecule has 2 aromatic heterocycles. The Morgan fingerprint density at radius 1 is 1.00 bits per heavy atom. The summed E-state index contributed by atoms with van der Waals surface area (Å²) in [5.41, 5.74) is 2.19. The molecule has 8 heteroatoms. The summed E-state index contributed by atoms with van der Waals surface area (Å²) in [6.45, 7) is 10.7. The molecule has 1 unspecified atom stereocenters. The highest BCUT2D eigenvalue weighted by Gasteiger charge is 2.17. The lowest BCUT2D eigenvalue weighted by Gasteiger charge is -2.30. The van der Waals surface area contributed by atoms with Gasteiger partial charge in [-0.2, -0.15) is 0 Å². The van der Waals surface area contributed by atoms with Gasteiger partial charge in [-0.25, -0.2) is 4.99 Å². The topological polar surface area (TPSA) is 69.8 Å². The van der Waals surface area contributed by atoms with Crippen molar-refractivity contribution in [2.75, 3.05) is 26.2 Å². The van der Waals surface area contributed by atoms with Crippen molar-refractivity contribution in [1.29, 1.82) is 0 Å². The van der Waals surface area contributed by atoms with Crippen LogP contribution in [-0.2, 0) is 13.0 Å². The molecule has 0 bridgehead atoms. The van der Waals surface area contributed by atoms with Crippen LogP contribution in [0, 0.1) is 0 Å². The Hall–Kier alpha value is -2.20. The zero-order valence-corrected chi connectivity index (χ0v) is 21.0. The molecule has 2 heterocycles. The van der Waals surface area contributed by atoms with Crippen molar-refractivity contribution in [2.24, 2.45) is 4.99 Å². The zero-order valence-electron chi connectivity index (χ0n) is 18.7. The Morgan fingerprint density at radius 3 is 2.45 bits per heavy atom. The fraction of sp³-hybridized carbons (Fsp3) is 0.435. The average molecular weight is 535 g/mol. The number of halogens is 1. The predicted molar refractivity (Wildman–Crippen MR) is 138 cm³/mol. The third-order valence-corrected chi connectivity index (χ3v) is 5.26. The van der Waals surface area contributed by atoms with Gasteiger partial charge >= 0.3 is 0 Å². The van der Waals surface area contributed by atoms with Gasteiger partial charge in [-0.3, -0.25) is 9.30 Å². The number of nitrogens with one attached hydrogen (secondary N) is 2. The number of aromatic nitrogens is 3. The largest absolute Gasteiger partial charge is 0.357 e. The Morgan fingerprint density at radius 2 is 1.74 bits per heavy atom. The molecule has 0 amide bonds. The van der Waals surface area contributed by atoms with Gasteiger partial charge in [-0.15, -0.1) is 34.2 Å². The molecule has 2 N–H and O–H groups in total. The summed E-state index contributed by atoms with van der Waals surface area (Å²) in [4.78, 5) is 7.24. The van der Waals surface area contributed by atoms with E-state index < -0.39 is 0 Å². The Balaban J connectivity index is 0.00000341. The number of likely N-dealkylation sites (N-methyl/N-ethyl adjacent to an activating group) is 1. The van der Waals surface area contributed by atoms with E-state index >= 15 is 0 Å². The normalized spacial score (nSPS) is 12.6. The van der Waals surface area contributed by atoms with Gasteiger partial charge in [0.15, 0.2) is 17.4 Å². The van der Waals surface area contributed by atoms with Crippen LogP contribution in [0.1, 0.15) is 32.2 Å².